The average molecular weight is 316 g/mol. The first-order valence-corrected chi connectivity index (χ1v) is 7.29. The van der Waals surface area contributed by atoms with Crippen LogP contribution in [0.1, 0.15) is 10.4 Å². The molecule has 0 aliphatic rings. The Bertz CT molecular complexity index is 943. The number of Topliss-reactive ketones (excluding diaryl/α,β-unsaturated/α-hetero) is 1. The molecule has 112 valence electrons. The lowest BCUT2D eigenvalue weighted by Crippen LogP contribution is -2.26. The van der Waals surface area contributed by atoms with Crippen molar-refractivity contribution in [2.75, 3.05) is 0 Å². The minimum atomic E-state index is -0.399. The molecule has 0 aliphatic heterocycles. The van der Waals surface area contributed by atoms with Crippen LogP contribution in [0.4, 0.5) is 4.39 Å². The third-order valence-electron chi connectivity index (χ3n) is 3.67. The lowest BCUT2D eigenvalue weighted by molar-refractivity contribution is 0.0973. The smallest absolute Gasteiger partial charge is 0.295 e. The Morgan fingerprint density at radius 2 is 1.86 bits per heavy atom. The standard InChI is InChI=1S/C16H14FN2O2P/c1-18-12-4-2-3-5-13(12)19(16(18)21)9-14(20)11-7-6-10(17)8-15(11)22/h2-8H,9,22H2,1H3. The Balaban J connectivity index is 2.05. The summed E-state index contributed by atoms with van der Waals surface area (Å²) < 4.78 is 16.1. The number of ketones is 1. The van der Waals surface area contributed by atoms with E-state index in [2.05, 4.69) is 9.24 Å². The molecule has 0 fully saturated rings. The molecule has 0 saturated heterocycles. The van der Waals surface area contributed by atoms with Gasteiger partial charge < -0.3 is 0 Å². The zero-order chi connectivity index (χ0) is 15.9. The zero-order valence-corrected chi connectivity index (χ0v) is 13.1. The average Bonchev–Trinajstić information content (AvgIpc) is 2.73. The lowest BCUT2D eigenvalue weighted by Gasteiger charge is -2.06. The molecule has 1 unspecified atom stereocenters. The molecule has 0 spiro atoms. The van der Waals surface area contributed by atoms with Gasteiger partial charge in [0, 0.05) is 12.6 Å². The van der Waals surface area contributed by atoms with Gasteiger partial charge in [-0.2, -0.15) is 0 Å². The van der Waals surface area contributed by atoms with E-state index in [1.165, 1.54) is 27.3 Å². The molecule has 2 aromatic carbocycles. The van der Waals surface area contributed by atoms with Gasteiger partial charge >= 0.3 is 5.69 Å². The van der Waals surface area contributed by atoms with E-state index in [-0.39, 0.29) is 18.0 Å². The van der Waals surface area contributed by atoms with Gasteiger partial charge in [0.1, 0.15) is 5.82 Å². The molecule has 0 bridgehead atoms. The maximum atomic E-state index is 13.1. The van der Waals surface area contributed by atoms with Gasteiger partial charge in [0.15, 0.2) is 5.78 Å². The van der Waals surface area contributed by atoms with Crippen molar-refractivity contribution in [1.82, 2.24) is 9.13 Å². The highest BCUT2D eigenvalue weighted by atomic mass is 31.0. The summed E-state index contributed by atoms with van der Waals surface area (Å²) in [6.45, 7) is -0.0762. The summed E-state index contributed by atoms with van der Waals surface area (Å²) in [5.74, 6) is -0.632. The molecule has 4 nitrogen and oxygen atoms in total. The lowest BCUT2D eigenvalue weighted by atomic mass is 10.1. The second-order valence-electron chi connectivity index (χ2n) is 5.07. The van der Waals surface area contributed by atoms with E-state index in [1.807, 2.05) is 18.2 Å². The zero-order valence-electron chi connectivity index (χ0n) is 11.9. The van der Waals surface area contributed by atoms with Crippen LogP contribution in [-0.2, 0) is 13.6 Å². The Morgan fingerprint density at radius 1 is 1.18 bits per heavy atom. The molecule has 6 heteroatoms. The van der Waals surface area contributed by atoms with Gasteiger partial charge in [0.25, 0.3) is 0 Å². The number of fused-ring (bicyclic) bond motifs is 1. The largest absolute Gasteiger partial charge is 0.329 e. The molecule has 3 aromatic rings. The van der Waals surface area contributed by atoms with Crippen LogP contribution in [0.3, 0.4) is 0 Å². The number of benzene rings is 2. The molecular formula is C16H14FN2O2P. The number of nitrogens with zero attached hydrogens (tertiary/aromatic N) is 2. The Kier molecular flexibility index (Phi) is 3.67. The van der Waals surface area contributed by atoms with Crippen molar-refractivity contribution in [3.8, 4) is 0 Å². The number of para-hydroxylation sites is 2. The number of rotatable bonds is 3. The topological polar surface area (TPSA) is 44.0 Å². The molecule has 1 aromatic heterocycles. The van der Waals surface area contributed by atoms with E-state index in [0.717, 1.165) is 5.52 Å². The number of hydrogen-bond donors (Lipinski definition) is 0. The van der Waals surface area contributed by atoms with Crippen LogP contribution >= 0.6 is 9.24 Å². The van der Waals surface area contributed by atoms with Gasteiger partial charge in [0.05, 0.1) is 17.6 Å². The number of aromatic nitrogens is 2. The highest BCUT2D eigenvalue weighted by Gasteiger charge is 2.16. The molecule has 0 saturated carbocycles. The van der Waals surface area contributed by atoms with Crippen molar-refractivity contribution < 1.29 is 9.18 Å². The van der Waals surface area contributed by atoms with Gasteiger partial charge in [-0.25, -0.2) is 9.18 Å². The van der Waals surface area contributed by atoms with Crippen molar-refractivity contribution in [3.63, 3.8) is 0 Å². The Morgan fingerprint density at radius 3 is 2.55 bits per heavy atom. The summed E-state index contributed by atoms with van der Waals surface area (Å²) in [4.78, 5) is 24.7. The van der Waals surface area contributed by atoms with E-state index < -0.39 is 5.82 Å². The van der Waals surface area contributed by atoms with E-state index in [1.54, 1.807) is 13.1 Å². The van der Waals surface area contributed by atoms with Crippen LogP contribution in [0.2, 0.25) is 0 Å². The number of hydrogen-bond acceptors (Lipinski definition) is 2. The van der Waals surface area contributed by atoms with Gasteiger partial charge in [-0.15, -0.1) is 9.24 Å². The summed E-state index contributed by atoms with van der Waals surface area (Å²) in [7, 11) is 4.02. The first-order valence-electron chi connectivity index (χ1n) is 6.71. The second-order valence-corrected chi connectivity index (χ2v) is 5.69. The fourth-order valence-electron chi connectivity index (χ4n) is 2.53. The molecular weight excluding hydrogens is 302 g/mol. The predicted molar refractivity (Wildman–Crippen MR) is 87.3 cm³/mol. The molecule has 1 heterocycles. The maximum absolute atomic E-state index is 13.1. The highest BCUT2D eigenvalue weighted by Crippen LogP contribution is 2.13. The van der Waals surface area contributed by atoms with Crippen LogP contribution in [0.15, 0.2) is 47.3 Å². The van der Waals surface area contributed by atoms with Crippen molar-refractivity contribution >= 4 is 31.4 Å². The Hall–Kier alpha value is -2.26. The van der Waals surface area contributed by atoms with Crippen LogP contribution in [0.25, 0.3) is 11.0 Å². The van der Waals surface area contributed by atoms with Crippen LogP contribution in [0.5, 0.6) is 0 Å². The summed E-state index contributed by atoms with van der Waals surface area (Å²) in [5.41, 5.74) is 1.62. The summed E-state index contributed by atoms with van der Waals surface area (Å²) in [5, 5.41) is 0.485. The van der Waals surface area contributed by atoms with Crippen molar-refractivity contribution in [2.45, 2.75) is 6.54 Å². The molecule has 3 rings (SSSR count). The minimum absolute atomic E-state index is 0.0762. The molecule has 0 N–H and O–H groups in total. The van der Waals surface area contributed by atoms with E-state index in [0.29, 0.717) is 16.4 Å². The van der Waals surface area contributed by atoms with Crippen LogP contribution in [0, 0.1) is 5.82 Å². The van der Waals surface area contributed by atoms with Gasteiger partial charge in [-0.1, -0.05) is 12.1 Å². The second kappa shape index (κ2) is 5.50. The number of aryl methyl sites for hydroxylation is 1. The number of carbonyl (C=O) groups is 1. The maximum Gasteiger partial charge on any atom is 0.329 e. The first-order chi connectivity index (χ1) is 10.5. The quantitative estimate of drug-likeness (QED) is 0.547. The van der Waals surface area contributed by atoms with Crippen molar-refractivity contribution in [3.05, 3.63) is 64.3 Å². The van der Waals surface area contributed by atoms with Gasteiger partial charge in [-0.3, -0.25) is 13.9 Å². The van der Waals surface area contributed by atoms with E-state index in [4.69, 9.17) is 0 Å². The Labute approximate surface area is 128 Å². The summed E-state index contributed by atoms with van der Waals surface area (Å²) >= 11 is 0. The summed E-state index contributed by atoms with van der Waals surface area (Å²) in [6, 6.07) is 11.3. The summed E-state index contributed by atoms with van der Waals surface area (Å²) in [6.07, 6.45) is 0. The van der Waals surface area contributed by atoms with Crippen LogP contribution < -0.4 is 11.0 Å². The monoisotopic (exact) mass is 316 g/mol. The fraction of sp³-hybridized carbons (Fsp3) is 0.125. The van der Waals surface area contributed by atoms with Gasteiger partial charge in [0.2, 0.25) is 0 Å². The molecule has 0 aliphatic carbocycles. The van der Waals surface area contributed by atoms with Crippen LogP contribution in [-0.4, -0.2) is 14.9 Å². The van der Waals surface area contributed by atoms with Gasteiger partial charge in [-0.05, 0) is 35.6 Å². The molecule has 1 atom stereocenters. The highest BCUT2D eigenvalue weighted by molar-refractivity contribution is 7.27. The molecule has 0 radical (unpaired) electrons. The third-order valence-corrected chi connectivity index (χ3v) is 4.15. The number of carbonyl (C=O) groups excluding carboxylic acids is 1. The fourth-order valence-corrected chi connectivity index (χ4v) is 2.95. The van der Waals surface area contributed by atoms with Crippen molar-refractivity contribution in [2.24, 2.45) is 7.05 Å². The van der Waals surface area contributed by atoms with E-state index in [9.17, 15) is 14.0 Å². The minimum Gasteiger partial charge on any atom is -0.295 e. The molecule has 22 heavy (non-hydrogen) atoms. The number of halogens is 1. The predicted octanol–water partition coefficient (Wildman–Crippen LogP) is 1.86. The SMILES string of the molecule is Cn1c(=O)n(CC(=O)c2ccc(F)cc2P)c2ccccc21. The molecule has 0 amide bonds. The third kappa shape index (κ3) is 2.38. The normalized spacial score (nSPS) is 11.0. The first kappa shape index (κ1) is 14.7. The van der Waals surface area contributed by atoms with E-state index >= 15 is 0 Å². The van der Waals surface area contributed by atoms with Crippen molar-refractivity contribution in [1.29, 1.82) is 0 Å². The number of imidazole rings is 1.